The number of sulfone groups is 1. The van der Waals surface area contributed by atoms with Crippen LogP contribution in [0.1, 0.15) is 63.1 Å². The lowest BCUT2D eigenvalue weighted by Crippen LogP contribution is -2.48. The number of hydrogen-bond acceptors (Lipinski definition) is 8. The van der Waals surface area contributed by atoms with Gasteiger partial charge in [-0.25, -0.2) is 13.4 Å². The van der Waals surface area contributed by atoms with Crippen molar-refractivity contribution in [3.05, 3.63) is 35.0 Å². The SMILES string of the molecule is C[C@H](C#N)C1(C(N)=O)CCCCC1c1nc(C(C)(C)CO)sc1-c1ccc(N2CCS(=O)(=O)CC2)cc1. The van der Waals surface area contributed by atoms with E-state index < -0.39 is 32.5 Å². The maximum atomic E-state index is 13.0. The topological polar surface area (TPSA) is 137 Å². The lowest BCUT2D eigenvalue weighted by molar-refractivity contribution is -0.133. The summed E-state index contributed by atoms with van der Waals surface area (Å²) in [6.45, 7) is 6.52. The van der Waals surface area contributed by atoms with Gasteiger partial charge in [-0.15, -0.1) is 11.3 Å². The Morgan fingerprint density at radius 2 is 1.95 bits per heavy atom. The molecule has 3 atom stereocenters. The number of aliphatic hydroxyl groups excluding tert-OH is 1. The van der Waals surface area contributed by atoms with Crippen molar-refractivity contribution in [2.75, 3.05) is 36.1 Å². The van der Waals surface area contributed by atoms with Crippen LogP contribution in [0.5, 0.6) is 0 Å². The fourth-order valence-electron chi connectivity index (χ4n) is 5.65. The quantitative estimate of drug-likeness (QED) is 0.543. The zero-order chi connectivity index (χ0) is 27.0. The van der Waals surface area contributed by atoms with Crippen molar-refractivity contribution < 1.29 is 18.3 Å². The van der Waals surface area contributed by atoms with E-state index in [-0.39, 0.29) is 24.0 Å². The van der Waals surface area contributed by atoms with Crippen LogP contribution in [0.3, 0.4) is 0 Å². The number of anilines is 1. The van der Waals surface area contributed by atoms with Gasteiger partial charge in [0, 0.05) is 30.1 Å². The summed E-state index contributed by atoms with van der Waals surface area (Å²) in [5.74, 6) is -1.00. The summed E-state index contributed by atoms with van der Waals surface area (Å²) in [5.41, 5.74) is 7.14. The highest BCUT2D eigenvalue weighted by Gasteiger charge is 2.52. The first-order valence-electron chi connectivity index (χ1n) is 12.8. The van der Waals surface area contributed by atoms with Gasteiger partial charge < -0.3 is 15.7 Å². The second-order valence-corrected chi connectivity index (χ2v) is 14.3. The van der Waals surface area contributed by atoms with E-state index in [2.05, 4.69) is 11.0 Å². The Hall–Kier alpha value is -2.48. The first-order chi connectivity index (χ1) is 17.4. The van der Waals surface area contributed by atoms with Crippen LogP contribution in [-0.2, 0) is 20.0 Å². The van der Waals surface area contributed by atoms with Gasteiger partial charge in [0.1, 0.15) is 5.01 Å². The molecule has 1 saturated heterocycles. The number of carbonyl (C=O) groups is 1. The summed E-state index contributed by atoms with van der Waals surface area (Å²) in [7, 11) is -2.96. The van der Waals surface area contributed by atoms with E-state index in [1.807, 2.05) is 38.1 Å². The summed E-state index contributed by atoms with van der Waals surface area (Å²) in [6, 6.07) is 10.3. The molecule has 1 saturated carbocycles. The smallest absolute Gasteiger partial charge is 0.225 e. The van der Waals surface area contributed by atoms with Crippen molar-refractivity contribution in [3.8, 4) is 16.5 Å². The number of amides is 1. The lowest BCUT2D eigenvalue weighted by atomic mass is 9.58. The second-order valence-electron chi connectivity index (χ2n) is 11.0. The number of carbonyl (C=O) groups excluding carboxylic acids is 1. The monoisotopic (exact) mass is 544 g/mol. The van der Waals surface area contributed by atoms with E-state index >= 15 is 0 Å². The van der Waals surface area contributed by atoms with Crippen molar-refractivity contribution in [1.29, 1.82) is 5.26 Å². The molecule has 1 aliphatic heterocycles. The Bertz CT molecular complexity index is 1280. The van der Waals surface area contributed by atoms with E-state index in [9.17, 15) is 23.6 Å². The first kappa shape index (κ1) is 27.6. The predicted octanol–water partition coefficient (Wildman–Crippen LogP) is 3.60. The first-order valence-corrected chi connectivity index (χ1v) is 15.5. The highest BCUT2D eigenvalue weighted by molar-refractivity contribution is 7.91. The third-order valence-electron chi connectivity index (χ3n) is 8.18. The van der Waals surface area contributed by atoms with Gasteiger partial charge in [0.15, 0.2) is 9.84 Å². The fourth-order valence-corrected chi connectivity index (χ4v) is 8.07. The maximum absolute atomic E-state index is 13.0. The predicted molar refractivity (Wildman–Crippen MR) is 146 cm³/mol. The van der Waals surface area contributed by atoms with Gasteiger partial charge in [-0.05, 0) is 37.5 Å². The number of thiazole rings is 1. The average molecular weight is 545 g/mol. The summed E-state index contributed by atoms with van der Waals surface area (Å²) >= 11 is 1.51. The van der Waals surface area contributed by atoms with Gasteiger partial charge in [0.05, 0.1) is 46.1 Å². The number of nitriles is 1. The molecule has 200 valence electrons. The zero-order valence-electron chi connectivity index (χ0n) is 21.7. The standard InChI is InChI=1S/C27H36N4O4S2/c1-18(16-28)27(24(29)33)11-5-4-6-21(27)22-23(36-25(30-22)26(2,3)17-32)19-7-9-20(10-8-19)31-12-14-37(34,35)15-13-31/h7-10,18,21,32H,4-6,11-15,17H2,1-3H3,(H2,29,33)/t18-,21?,27?/m1/s1. The van der Waals surface area contributed by atoms with Crippen LogP contribution in [0.25, 0.3) is 10.4 Å². The molecule has 3 N–H and O–H groups in total. The third kappa shape index (κ3) is 5.14. The molecule has 37 heavy (non-hydrogen) atoms. The van der Waals surface area contributed by atoms with Gasteiger partial charge in [0.2, 0.25) is 5.91 Å². The number of benzene rings is 1. The molecule has 2 heterocycles. The molecule has 0 radical (unpaired) electrons. The molecule has 2 aliphatic rings. The summed E-state index contributed by atoms with van der Waals surface area (Å²) in [5, 5.41) is 20.7. The zero-order valence-corrected chi connectivity index (χ0v) is 23.4. The number of nitrogens with zero attached hydrogens (tertiary/aromatic N) is 3. The molecule has 0 bridgehead atoms. The van der Waals surface area contributed by atoms with Gasteiger partial charge >= 0.3 is 0 Å². The van der Waals surface area contributed by atoms with Crippen molar-refractivity contribution in [2.24, 2.45) is 17.1 Å². The van der Waals surface area contributed by atoms with Crippen molar-refractivity contribution in [3.63, 3.8) is 0 Å². The molecule has 4 rings (SSSR count). The molecule has 1 aromatic heterocycles. The summed E-state index contributed by atoms with van der Waals surface area (Å²) < 4.78 is 23.7. The molecular formula is C27H36N4O4S2. The van der Waals surface area contributed by atoms with Crippen LogP contribution in [0, 0.1) is 22.7 Å². The van der Waals surface area contributed by atoms with E-state index in [4.69, 9.17) is 10.7 Å². The summed E-state index contributed by atoms with van der Waals surface area (Å²) in [6.07, 6.45) is 3.02. The Morgan fingerprint density at radius 3 is 2.51 bits per heavy atom. The van der Waals surface area contributed by atoms with E-state index in [0.717, 1.165) is 39.7 Å². The number of rotatable bonds is 7. The molecule has 0 spiro atoms. The number of aliphatic hydroxyl groups is 1. The van der Waals surface area contributed by atoms with Crippen LogP contribution in [-0.4, -0.2) is 55.6 Å². The number of hydrogen-bond donors (Lipinski definition) is 2. The average Bonchev–Trinajstić information content (AvgIpc) is 3.34. The molecular weight excluding hydrogens is 508 g/mol. The summed E-state index contributed by atoms with van der Waals surface area (Å²) in [4.78, 5) is 21.0. The highest BCUT2D eigenvalue weighted by atomic mass is 32.2. The van der Waals surface area contributed by atoms with Gasteiger partial charge in [-0.1, -0.05) is 38.8 Å². The molecule has 2 unspecified atom stereocenters. The van der Waals surface area contributed by atoms with Crippen molar-refractivity contribution in [2.45, 2.75) is 57.8 Å². The Kier molecular flexibility index (Phi) is 7.71. The number of aromatic nitrogens is 1. The lowest BCUT2D eigenvalue weighted by Gasteiger charge is -2.43. The Balaban J connectivity index is 1.79. The minimum atomic E-state index is -2.96. The van der Waals surface area contributed by atoms with Crippen LogP contribution in [0.2, 0.25) is 0 Å². The molecule has 8 nitrogen and oxygen atoms in total. The van der Waals surface area contributed by atoms with Crippen LogP contribution >= 0.6 is 11.3 Å². The minimum absolute atomic E-state index is 0.0730. The van der Waals surface area contributed by atoms with Crippen LogP contribution in [0.4, 0.5) is 5.69 Å². The van der Waals surface area contributed by atoms with Crippen LogP contribution in [0.15, 0.2) is 24.3 Å². The molecule has 2 aromatic rings. The number of primary amides is 1. The molecule has 2 fully saturated rings. The van der Waals surface area contributed by atoms with E-state index in [1.165, 1.54) is 11.3 Å². The normalized spacial score (nSPS) is 24.8. The molecule has 1 aromatic carbocycles. The fraction of sp³-hybridized carbons (Fsp3) is 0.593. The van der Waals surface area contributed by atoms with E-state index in [0.29, 0.717) is 25.9 Å². The largest absolute Gasteiger partial charge is 0.395 e. The van der Waals surface area contributed by atoms with Crippen LogP contribution < -0.4 is 10.6 Å². The number of nitrogens with two attached hydrogens (primary N) is 1. The van der Waals surface area contributed by atoms with Crippen molar-refractivity contribution in [1.82, 2.24) is 4.98 Å². The van der Waals surface area contributed by atoms with Gasteiger partial charge in [0.25, 0.3) is 0 Å². The van der Waals surface area contributed by atoms with Gasteiger partial charge in [-0.2, -0.15) is 5.26 Å². The molecule has 1 aliphatic carbocycles. The Labute approximate surface area is 223 Å². The minimum Gasteiger partial charge on any atom is -0.395 e. The van der Waals surface area contributed by atoms with Gasteiger partial charge in [-0.3, -0.25) is 4.79 Å². The molecule has 10 heteroatoms. The second kappa shape index (κ2) is 10.4. The van der Waals surface area contributed by atoms with Crippen molar-refractivity contribution >= 4 is 32.8 Å². The molecule has 1 amide bonds. The maximum Gasteiger partial charge on any atom is 0.225 e. The third-order valence-corrected chi connectivity index (χ3v) is 11.3. The Morgan fingerprint density at radius 1 is 1.30 bits per heavy atom. The van der Waals surface area contributed by atoms with E-state index in [1.54, 1.807) is 6.92 Å². The highest BCUT2D eigenvalue weighted by Crippen LogP contribution is 2.54.